The van der Waals surface area contributed by atoms with E-state index in [0.717, 1.165) is 13.2 Å². The summed E-state index contributed by atoms with van der Waals surface area (Å²) in [7, 11) is 0. The van der Waals surface area contributed by atoms with Crippen molar-refractivity contribution in [3.8, 4) is 0 Å². The predicted octanol–water partition coefficient (Wildman–Crippen LogP) is 2.85. The summed E-state index contributed by atoms with van der Waals surface area (Å²) in [6.45, 7) is 8.44. The SMILES string of the molecule is CCCCCOCC(C)C. The molecule has 0 atom stereocenters. The molecule has 0 radical (unpaired) electrons. The molecule has 0 amide bonds. The lowest BCUT2D eigenvalue weighted by Gasteiger charge is -2.05. The van der Waals surface area contributed by atoms with Gasteiger partial charge in [0.1, 0.15) is 0 Å². The average Bonchev–Trinajstić information content (AvgIpc) is 1.87. The van der Waals surface area contributed by atoms with Crippen molar-refractivity contribution in [2.75, 3.05) is 13.2 Å². The summed E-state index contributed by atoms with van der Waals surface area (Å²) in [6.07, 6.45) is 3.81. The first-order valence-corrected chi connectivity index (χ1v) is 4.35. The Balaban J connectivity index is 2.77. The van der Waals surface area contributed by atoms with Gasteiger partial charge in [0.2, 0.25) is 0 Å². The molecule has 0 rings (SSSR count). The van der Waals surface area contributed by atoms with Crippen molar-refractivity contribution in [1.82, 2.24) is 0 Å². The molecule has 0 saturated heterocycles. The Morgan fingerprint density at radius 3 is 2.40 bits per heavy atom. The van der Waals surface area contributed by atoms with Gasteiger partial charge in [-0.05, 0) is 12.3 Å². The van der Waals surface area contributed by atoms with Gasteiger partial charge in [-0.1, -0.05) is 33.6 Å². The third-order valence-electron chi connectivity index (χ3n) is 1.34. The monoisotopic (exact) mass is 144 g/mol. The molecule has 0 heterocycles. The lowest BCUT2D eigenvalue weighted by molar-refractivity contribution is 0.106. The van der Waals surface area contributed by atoms with Gasteiger partial charge in [-0.3, -0.25) is 0 Å². The van der Waals surface area contributed by atoms with Crippen LogP contribution in [0, 0.1) is 5.92 Å². The van der Waals surface area contributed by atoms with E-state index in [0.29, 0.717) is 5.92 Å². The molecule has 0 aromatic rings. The smallest absolute Gasteiger partial charge is 0.0488 e. The van der Waals surface area contributed by atoms with Crippen molar-refractivity contribution in [2.45, 2.75) is 40.0 Å². The number of hydrogen-bond donors (Lipinski definition) is 0. The van der Waals surface area contributed by atoms with E-state index < -0.39 is 0 Å². The largest absolute Gasteiger partial charge is 0.381 e. The molecule has 0 aliphatic heterocycles. The molecular formula is C9H20O. The van der Waals surface area contributed by atoms with Crippen molar-refractivity contribution in [1.29, 1.82) is 0 Å². The third-order valence-corrected chi connectivity index (χ3v) is 1.34. The van der Waals surface area contributed by atoms with Crippen LogP contribution in [0.4, 0.5) is 0 Å². The van der Waals surface area contributed by atoms with Gasteiger partial charge in [-0.25, -0.2) is 0 Å². The number of unbranched alkanes of at least 4 members (excludes halogenated alkanes) is 2. The van der Waals surface area contributed by atoms with Crippen molar-refractivity contribution in [3.63, 3.8) is 0 Å². The third kappa shape index (κ3) is 7.96. The Bertz CT molecular complexity index is 59.7. The predicted molar refractivity (Wildman–Crippen MR) is 45.2 cm³/mol. The minimum atomic E-state index is 0.682. The van der Waals surface area contributed by atoms with Crippen LogP contribution in [0.5, 0.6) is 0 Å². The molecule has 0 spiro atoms. The molecular weight excluding hydrogens is 124 g/mol. The molecule has 0 bridgehead atoms. The molecule has 0 fully saturated rings. The average molecular weight is 144 g/mol. The van der Waals surface area contributed by atoms with Crippen LogP contribution in [-0.4, -0.2) is 13.2 Å². The van der Waals surface area contributed by atoms with Crippen molar-refractivity contribution in [3.05, 3.63) is 0 Å². The van der Waals surface area contributed by atoms with Gasteiger partial charge >= 0.3 is 0 Å². The van der Waals surface area contributed by atoms with Gasteiger partial charge in [-0.15, -0.1) is 0 Å². The van der Waals surface area contributed by atoms with Gasteiger partial charge in [0.15, 0.2) is 0 Å². The van der Waals surface area contributed by atoms with Crippen LogP contribution in [0.15, 0.2) is 0 Å². The van der Waals surface area contributed by atoms with Gasteiger partial charge in [0, 0.05) is 13.2 Å². The van der Waals surface area contributed by atoms with E-state index in [2.05, 4.69) is 20.8 Å². The maximum Gasteiger partial charge on any atom is 0.0488 e. The molecule has 1 nitrogen and oxygen atoms in total. The fourth-order valence-electron chi connectivity index (χ4n) is 0.773. The fraction of sp³-hybridized carbons (Fsp3) is 1.00. The maximum atomic E-state index is 5.40. The van der Waals surface area contributed by atoms with Gasteiger partial charge in [-0.2, -0.15) is 0 Å². The molecule has 0 aromatic heterocycles. The summed E-state index contributed by atoms with van der Waals surface area (Å²) in [5.41, 5.74) is 0. The summed E-state index contributed by atoms with van der Waals surface area (Å²) in [4.78, 5) is 0. The standard InChI is InChI=1S/C9H20O/c1-4-5-6-7-10-8-9(2)3/h9H,4-8H2,1-3H3. The van der Waals surface area contributed by atoms with E-state index in [4.69, 9.17) is 4.74 Å². The number of rotatable bonds is 6. The second kappa shape index (κ2) is 7.07. The Morgan fingerprint density at radius 1 is 1.20 bits per heavy atom. The molecule has 0 aromatic carbocycles. The fourth-order valence-corrected chi connectivity index (χ4v) is 0.773. The van der Waals surface area contributed by atoms with E-state index in [9.17, 15) is 0 Å². The normalized spacial score (nSPS) is 10.8. The zero-order valence-electron chi connectivity index (χ0n) is 7.52. The van der Waals surface area contributed by atoms with Crippen LogP contribution >= 0.6 is 0 Å². The van der Waals surface area contributed by atoms with E-state index in [1.807, 2.05) is 0 Å². The first-order chi connectivity index (χ1) is 4.77. The molecule has 0 N–H and O–H groups in total. The highest BCUT2D eigenvalue weighted by Gasteiger charge is 1.92. The summed E-state index contributed by atoms with van der Waals surface area (Å²) < 4.78 is 5.40. The molecule has 10 heavy (non-hydrogen) atoms. The van der Waals surface area contributed by atoms with Crippen molar-refractivity contribution >= 4 is 0 Å². The van der Waals surface area contributed by atoms with Crippen molar-refractivity contribution < 1.29 is 4.74 Å². The van der Waals surface area contributed by atoms with Crippen molar-refractivity contribution in [2.24, 2.45) is 5.92 Å². The molecule has 1 heteroatoms. The molecule has 0 aliphatic carbocycles. The highest BCUT2D eigenvalue weighted by atomic mass is 16.5. The molecule has 0 aliphatic rings. The Labute approximate surface area is 64.8 Å². The van der Waals surface area contributed by atoms with Crippen LogP contribution in [0.1, 0.15) is 40.0 Å². The topological polar surface area (TPSA) is 9.23 Å². The molecule has 62 valence electrons. The van der Waals surface area contributed by atoms with Crippen LogP contribution in [0.25, 0.3) is 0 Å². The maximum absolute atomic E-state index is 5.40. The highest BCUT2D eigenvalue weighted by Crippen LogP contribution is 1.97. The van der Waals surface area contributed by atoms with Gasteiger partial charge in [0.25, 0.3) is 0 Å². The van der Waals surface area contributed by atoms with Crippen LogP contribution in [0.2, 0.25) is 0 Å². The quantitative estimate of drug-likeness (QED) is 0.521. The Kier molecular flexibility index (Phi) is 7.04. The van der Waals surface area contributed by atoms with E-state index in [1.165, 1.54) is 19.3 Å². The summed E-state index contributed by atoms with van der Waals surface area (Å²) in [5, 5.41) is 0. The Morgan fingerprint density at radius 2 is 1.90 bits per heavy atom. The zero-order valence-corrected chi connectivity index (χ0v) is 7.52. The Hall–Kier alpha value is -0.0400. The lowest BCUT2D eigenvalue weighted by Crippen LogP contribution is -2.02. The molecule has 0 unspecified atom stereocenters. The second-order valence-electron chi connectivity index (χ2n) is 3.18. The molecule has 0 saturated carbocycles. The van der Waals surface area contributed by atoms with E-state index >= 15 is 0 Å². The van der Waals surface area contributed by atoms with Gasteiger partial charge < -0.3 is 4.74 Å². The summed E-state index contributed by atoms with van der Waals surface area (Å²) >= 11 is 0. The summed E-state index contributed by atoms with van der Waals surface area (Å²) in [5.74, 6) is 0.682. The van der Waals surface area contributed by atoms with Crippen LogP contribution in [-0.2, 0) is 4.74 Å². The minimum Gasteiger partial charge on any atom is -0.381 e. The first-order valence-electron chi connectivity index (χ1n) is 4.35. The highest BCUT2D eigenvalue weighted by molar-refractivity contribution is 4.40. The van der Waals surface area contributed by atoms with Gasteiger partial charge in [0.05, 0.1) is 0 Å². The second-order valence-corrected chi connectivity index (χ2v) is 3.18. The van der Waals surface area contributed by atoms with E-state index in [-0.39, 0.29) is 0 Å². The first kappa shape index (κ1) is 9.96. The minimum absolute atomic E-state index is 0.682. The number of hydrogen-bond acceptors (Lipinski definition) is 1. The van der Waals surface area contributed by atoms with Crippen LogP contribution in [0.3, 0.4) is 0 Å². The van der Waals surface area contributed by atoms with Crippen LogP contribution < -0.4 is 0 Å². The lowest BCUT2D eigenvalue weighted by atomic mass is 10.2. The van der Waals surface area contributed by atoms with E-state index in [1.54, 1.807) is 0 Å². The number of ether oxygens (including phenoxy) is 1. The summed E-state index contributed by atoms with van der Waals surface area (Å²) in [6, 6.07) is 0. The zero-order chi connectivity index (χ0) is 7.82.